The van der Waals surface area contributed by atoms with E-state index in [-0.39, 0.29) is 19.0 Å². The zero-order valence-electron chi connectivity index (χ0n) is 13.9. The normalized spacial score (nSPS) is 23.7. The fraction of sp³-hybridized carbons (Fsp3) is 0.353. The van der Waals surface area contributed by atoms with E-state index in [1.807, 2.05) is 0 Å². The summed E-state index contributed by atoms with van der Waals surface area (Å²) >= 11 is 6.80. The Labute approximate surface area is 172 Å². The Kier molecular flexibility index (Phi) is 4.72. The molecule has 4 nitrogen and oxygen atoms in total. The first-order valence-corrected chi connectivity index (χ1v) is 9.63. The van der Waals surface area contributed by atoms with E-state index in [0.29, 0.717) is 28.3 Å². The minimum atomic E-state index is -4.71. The van der Waals surface area contributed by atoms with Crippen molar-refractivity contribution in [2.24, 2.45) is 4.99 Å². The molecule has 4 rings (SSSR count). The number of allylic oxidation sites excluding steroid dienone is 2. The van der Waals surface area contributed by atoms with Gasteiger partial charge in [-0.1, -0.05) is 6.07 Å². The molecular formula is C17H11Br2F5N2O2. The van der Waals surface area contributed by atoms with Crippen LogP contribution < -0.4 is 4.74 Å². The molecule has 1 spiro atoms. The highest BCUT2D eigenvalue weighted by molar-refractivity contribution is 9.13. The van der Waals surface area contributed by atoms with Crippen molar-refractivity contribution in [3.63, 3.8) is 0 Å². The molecule has 0 N–H and O–H groups in total. The quantitative estimate of drug-likeness (QED) is 0.475. The molecule has 0 amide bonds. The Hall–Kier alpha value is -1.62. The summed E-state index contributed by atoms with van der Waals surface area (Å²) in [6, 6.07) is 3.53. The number of amidine groups is 1. The van der Waals surface area contributed by atoms with Crippen LogP contribution >= 0.6 is 31.9 Å². The maximum Gasteiger partial charge on any atom is 0.417 e. The molecule has 0 saturated carbocycles. The van der Waals surface area contributed by atoms with Crippen molar-refractivity contribution in [3.8, 4) is 5.75 Å². The van der Waals surface area contributed by atoms with Gasteiger partial charge in [0, 0.05) is 22.7 Å². The SMILES string of the molecule is FC(F)OC1=CC(C(F)(F)F)=CN2C[C@@]3(CCOc4c3ccc(Br)c4Br)N=C12. The lowest BCUT2D eigenvalue weighted by molar-refractivity contribution is -0.0981. The number of benzene rings is 1. The highest BCUT2D eigenvalue weighted by Crippen LogP contribution is 2.49. The third-order valence-corrected chi connectivity index (χ3v) is 6.66. The number of alkyl halides is 5. The van der Waals surface area contributed by atoms with Crippen LogP contribution in [0.3, 0.4) is 0 Å². The zero-order chi connectivity index (χ0) is 20.3. The Morgan fingerprint density at radius 2 is 2.00 bits per heavy atom. The predicted molar refractivity (Wildman–Crippen MR) is 97.1 cm³/mol. The molecule has 11 heteroatoms. The summed E-state index contributed by atoms with van der Waals surface area (Å²) in [5.41, 5.74) is -1.36. The Balaban J connectivity index is 1.82. The number of ether oxygens (including phenoxy) is 2. The van der Waals surface area contributed by atoms with E-state index >= 15 is 0 Å². The molecule has 0 radical (unpaired) electrons. The molecule has 0 aromatic heterocycles. The molecule has 1 aromatic rings. The Morgan fingerprint density at radius 1 is 1.25 bits per heavy atom. The van der Waals surface area contributed by atoms with Crippen molar-refractivity contribution in [3.05, 3.63) is 50.2 Å². The summed E-state index contributed by atoms with van der Waals surface area (Å²) in [4.78, 5) is 5.77. The van der Waals surface area contributed by atoms with E-state index in [9.17, 15) is 22.0 Å². The first kappa shape index (κ1) is 19.7. The average Bonchev–Trinajstić information content (AvgIpc) is 2.96. The second-order valence-corrected chi connectivity index (χ2v) is 8.05. The minimum Gasteiger partial charge on any atom is -0.492 e. The van der Waals surface area contributed by atoms with Crippen LogP contribution in [0, 0.1) is 0 Å². The van der Waals surface area contributed by atoms with Gasteiger partial charge in [-0.05, 0) is 44.0 Å². The van der Waals surface area contributed by atoms with E-state index in [1.165, 1.54) is 4.90 Å². The van der Waals surface area contributed by atoms with Gasteiger partial charge in [-0.15, -0.1) is 0 Å². The molecular weight excluding hydrogens is 519 g/mol. The van der Waals surface area contributed by atoms with Crippen molar-refractivity contribution in [1.29, 1.82) is 0 Å². The van der Waals surface area contributed by atoms with E-state index in [0.717, 1.165) is 10.7 Å². The van der Waals surface area contributed by atoms with Gasteiger partial charge in [0.15, 0.2) is 11.6 Å². The summed E-state index contributed by atoms with van der Waals surface area (Å²) < 4.78 is 76.8. The number of hydrogen-bond acceptors (Lipinski definition) is 4. The second-order valence-electron chi connectivity index (χ2n) is 6.40. The van der Waals surface area contributed by atoms with Gasteiger partial charge in [0.2, 0.25) is 0 Å². The molecule has 3 heterocycles. The molecule has 3 aliphatic rings. The first-order chi connectivity index (χ1) is 13.1. The van der Waals surface area contributed by atoms with E-state index in [4.69, 9.17) is 4.74 Å². The molecule has 0 fully saturated rings. The number of nitrogens with zero attached hydrogens (tertiary/aromatic N) is 2. The van der Waals surface area contributed by atoms with E-state index in [2.05, 4.69) is 41.6 Å². The predicted octanol–water partition coefficient (Wildman–Crippen LogP) is 5.49. The molecule has 150 valence electrons. The Morgan fingerprint density at radius 3 is 2.68 bits per heavy atom. The Bertz CT molecular complexity index is 929. The summed E-state index contributed by atoms with van der Waals surface area (Å²) in [6.45, 7) is -2.94. The molecule has 0 aliphatic carbocycles. The number of fused-ring (bicyclic) bond motifs is 3. The van der Waals surface area contributed by atoms with Crippen LogP contribution in [-0.4, -0.2) is 36.7 Å². The molecule has 1 aromatic carbocycles. The minimum absolute atomic E-state index is 0.0519. The summed E-state index contributed by atoms with van der Waals surface area (Å²) in [7, 11) is 0. The number of aliphatic imine (C=N–C) groups is 1. The molecule has 3 aliphatic heterocycles. The fourth-order valence-corrected chi connectivity index (χ4v) is 4.26. The highest BCUT2D eigenvalue weighted by Gasteiger charge is 2.48. The lowest BCUT2D eigenvalue weighted by Gasteiger charge is -2.34. The third-order valence-electron chi connectivity index (χ3n) is 4.68. The van der Waals surface area contributed by atoms with Crippen molar-refractivity contribution in [2.75, 3.05) is 13.2 Å². The molecule has 0 bridgehead atoms. The molecule has 1 atom stereocenters. The lowest BCUT2D eigenvalue weighted by atomic mass is 9.85. The number of rotatable bonds is 2. The van der Waals surface area contributed by atoms with Crippen LogP contribution in [0.1, 0.15) is 12.0 Å². The van der Waals surface area contributed by atoms with Crippen LogP contribution in [0.2, 0.25) is 0 Å². The highest BCUT2D eigenvalue weighted by atomic mass is 79.9. The third kappa shape index (κ3) is 3.22. The summed E-state index contributed by atoms with van der Waals surface area (Å²) in [5, 5.41) is 0. The van der Waals surface area contributed by atoms with Gasteiger partial charge in [-0.3, -0.25) is 4.99 Å². The van der Waals surface area contributed by atoms with Gasteiger partial charge in [-0.2, -0.15) is 22.0 Å². The van der Waals surface area contributed by atoms with Crippen LogP contribution in [0.15, 0.2) is 49.7 Å². The van der Waals surface area contributed by atoms with Gasteiger partial charge in [0.05, 0.1) is 23.2 Å². The average molecular weight is 530 g/mol. The molecule has 28 heavy (non-hydrogen) atoms. The van der Waals surface area contributed by atoms with Crippen LogP contribution in [0.25, 0.3) is 0 Å². The van der Waals surface area contributed by atoms with E-state index in [1.54, 1.807) is 12.1 Å². The maximum absolute atomic E-state index is 13.2. The van der Waals surface area contributed by atoms with Crippen molar-refractivity contribution in [2.45, 2.75) is 24.7 Å². The van der Waals surface area contributed by atoms with Crippen molar-refractivity contribution in [1.82, 2.24) is 4.90 Å². The van der Waals surface area contributed by atoms with Crippen molar-refractivity contribution >= 4 is 37.7 Å². The zero-order valence-corrected chi connectivity index (χ0v) is 17.0. The molecule has 0 unspecified atom stereocenters. The standard InChI is InChI=1S/C17H11Br2F5N2O2/c18-10-2-1-9-13(12(10)19)27-4-3-16(9)7-26-6-8(17(22,23)24)5-11(14(26)25-16)28-15(20)21/h1-2,5-6,15H,3-4,7H2/t16-/m1/s1. The monoisotopic (exact) mass is 528 g/mol. The first-order valence-electron chi connectivity index (χ1n) is 8.04. The fourth-order valence-electron chi connectivity index (χ4n) is 3.49. The van der Waals surface area contributed by atoms with Crippen LogP contribution in [0.5, 0.6) is 5.75 Å². The van der Waals surface area contributed by atoms with Crippen LogP contribution in [0.4, 0.5) is 22.0 Å². The topological polar surface area (TPSA) is 34.1 Å². The second kappa shape index (κ2) is 6.72. The summed E-state index contributed by atoms with van der Waals surface area (Å²) in [5.74, 6) is -0.142. The van der Waals surface area contributed by atoms with Crippen LogP contribution in [-0.2, 0) is 10.3 Å². The maximum atomic E-state index is 13.2. The van der Waals surface area contributed by atoms with E-state index < -0.39 is 29.7 Å². The molecule has 0 saturated heterocycles. The van der Waals surface area contributed by atoms with Gasteiger partial charge in [0.1, 0.15) is 11.3 Å². The van der Waals surface area contributed by atoms with Gasteiger partial charge in [0.25, 0.3) is 0 Å². The van der Waals surface area contributed by atoms with Crippen molar-refractivity contribution < 1.29 is 31.4 Å². The smallest absolute Gasteiger partial charge is 0.417 e. The van der Waals surface area contributed by atoms with Gasteiger partial charge >= 0.3 is 12.8 Å². The van der Waals surface area contributed by atoms with Gasteiger partial charge < -0.3 is 14.4 Å². The summed E-state index contributed by atoms with van der Waals surface area (Å²) in [6.07, 6.45) is -2.90. The largest absolute Gasteiger partial charge is 0.492 e. The lowest BCUT2D eigenvalue weighted by Crippen LogP contribution is -2.37. The van der Waals surface area contributed by atoms with Gasteiger partial charge in [-0.25, -0.2) is 0 Å². The number of hydrogen-bond donors (Lipinski definition) is 0. The number of halogens is 7.